The first kappa shape index (κ1) is 22.9. The first-order valence-corrected chi connectivity index (χ1v) is 10.0. The molecule has 2 aromatic carbocycles. The lowest BCUT2D eigenvalue weighted by Gasteiger charge is -2.27. The Morgan fingerprint density at radius 2 is 1.87 bits per heavy atom. The number of benzene rings is 2. The molecule has 0 radical (unpaired) electrons. The first-order valence-electron chi connectivity index (χ1n) is 9.65. The number of rotatable bonds is 3. The minimum atomic E-state index is -1.41. The Balaban J connectivity index is 1.83. The molecule has 2 amide bonds. The highest BCUT2D eigenvalue weighted by Gasteiger charge is 2.42. The largest absolute Gasteiger partial charge is 0.444 e. The average Bonchev–Trinajstić information content (AvgIpc) is 3.05. The van der Waals surface area contributed by atoms with Crippen LogP contribution in [0.4, 0.5) is 23.7 Å². The highest BCUT2D eigenvalue weighted by Crippen LogP contribution is 2.33. The van der Waals surface area contributed by atoms with Gasteiger partial charge in [-0.2, -0.15) is 0 Å². The summed E-state index contributed by atoms with van der Waals surface area (Å²) in [6, 6.07) is 6.63. The molecule has 166 valence electrons. The van der Waals surface area contributed by atoms with Crippen molar-refractivity contribution in [3.63, 3.8) is 0 Å². The number of likely N-dealkylation sites (tertiary alicyclic amines) is 1. The fraction of sp³-hybridized carbons (Fsp3) is 0.364. The van der Waals surface area contributed by atoms with Gasteiger partial charge in [-0.3, -0.25) is 9.69 Å². The Bertz CT molecular complexity index is 1010. The first-order chi connectivity index (χ1) is 14.5. The number of nitrogens with zero attached hydrogens (tertiary/aromatic N) is 1. The van der Waals surface area contributed by atoms with Crippen molar-refractivity contribution in [1.82, 2.24) is 4.90 Å². The molecule has 0 spiro atoms. The molecule has 1 saturated heterocycles. The van der Waals surface area contributed by atoms with E-state index in [9.17, 15) is 18.4 Å². The van der Waals surface area contributed by atoms with Crippen molar-refractivity contribution < 1.29 is 27.5 Å². The summed E-state index contributed by atoms with van der Waals surface area (Å²) in [5, 5.41) is 2.42. The molecule has 2 aromatic rings. The van der Waals surface area contributed by atoms with Crippen molar-refractivity contribution in [2.24, 2.45) is 0 Å². The molecule has 1 fully saturated rings. The number of ether oxygens (including phenoxy) is 1. The van der Waals surface area contributed by atoms with Crippen LogP contribution in [0.3, 0.4) is 0 Å². The van der Waals surface area contributed by atoms with Gasteiger partial charge in [0, 0.05) is 17.5 Å². The molecule has 1 aliphatic rings. The van der Waals surface area contributed by atoms with E-state index in [0.29, 0.717) is 0 Å². The monoisotopic (exact) mass is 454 g/mol. The SMILES string of the molecule is CC(C)(C)OC(=O)N1C[C@H](F)C[C@H]1C(=O)Nc1cccc(-c2ccc(F)cc2Cl)c1F. The van der Waals surface area contributed by atoms with Crippen LogP contribution in [-0.4, -0.2) is 41.3 Å². The van der Waals surface area contributed by atoms with E-state index >= 15 is 4.39 Å². The summed E-state index contributed by atoms with van der Waals surface area (Å²) in [5.41, 5.74) is -0.686. The van der Waals surface area contributed by atoms with Gasteiger partial charge in [-0.05, 0) is 45.0 Å². The summed E-state index contributed by atoms with van der Waals surface area (Å²) in [6.45, 7) is 4.68. The molecule has 1 N–H and O–H groups in total. The Morgan fingerprint density at radius 3 is 2.52 bits per heavy atom. The highest BCUT2D eigenvalue weighted by atomic mass is 35.5. The fourth-order valence-corrected chi connectivity index (χ4v) is 3.59. The number of carbonyl (C=O) groups is 2. The number of amides is 2. The van der Waals surface area contributed by atoms with Crippen molar-refractivity contribution in [3.8, 4) is 11.1 Å². The van der Waals surface area contributed by atoms with Crippen molar-refractivity contribution in [3.05, 3.63) is 53.1 Å². The van der Waals surface area contributed by atoms with E-state index in [-0.39, 0.29) is 34.8 Å². The second-order valence-electron chi connectivity index (χ2n) is 8.26. The molecule has 0 bridgehead atoms. The molecule has 0 unspecified atom stereocenters. The van der Waals surface area contributed by atoms with Crippen molar-refractivity contribution in [1.29, 1.82) is 0 Å². The van der Waals surface area contributed by atoms with E-state index in [1.807, 2.05) is 0 Å². The third-order valence-corrected chi connectivity index (χ3v) is 4.97. The van der Waals surface area contributed by atoms with Crippen molar-refractivity contribution in [2.45, 2.75) is 45.0 Å². The van der Waals surface area contributed by atoms with Gasteiger partial charge in [-0.25, -0.2) is 18.0 Å². The lowest BCUT2D eigenvalue weighted by molar-refractivity contribution is -0.120. The van der Waals surface area contributed by atoms with Crippen LogP contribution in [0.5, 0.6) is 0 Å². The van der Waals surface area contributed by atoms with Crippen LogP contribution in [0.25, 0.3) is 11.1 Å². The number of carbonyl (C=O) groups excluding carboxylic acids is 2. The normalized spacial score (nSPS) is 18.7. The third-order valence-electron chi connectivity index (χ3n) is 4.66. The van der Waals surface area contributed by atoms with E-state index in [4.69, 9.17) is 16.3 Å². The second-order valence-corrected chi connectivity index (χ2v) is 8.67. The summed E-state index contributed by atoms with van der Waals surface area (Å²) >= 11 is 6.03. The predicted molar refractivity (Wildman–Crippen MR) is 112 cm³/mol. The van der Waals surface area contributed by atoms with E-state index in [2.05, 4.69) is 5.32 Å². The Morgan fingerprint density at radius 1 is 1.16 bits per heavy atom. The fourth-order valence-electron chi connectivity index (χ4n) is 3.32. The van der Waals surface area contributed by atoms with Crippen LogP contribution < -0.4 is 5.32 Å². The molecule has 3 rings (SSSR count). The van der Waals surface area contributed by atoms with Gasteiger partial charge in [-0.1, -0.05) is 23.7 Å². The van der Waals surface area contributed by atoms with Crippen LogP contribution in [-0.2, 0) is 9.53 Å². The van der Waals surface area contributed by atoms with Gasteiger partial charge in [0.05, 0.1) is 17.3 Å². The minimum Gasteiger partial charge on any atom is -0.444 e. The quantitative estimate of drug-likeness (QED) is 0.659. The van der Waals surface area contributed by atoms with Gasteiger partial charge in [0.2, 0.25) is 5.91 Å². The van der Waals surface area contributed by atoms with Gasteiger partial charge < -0.3 is 10.1 Å². The molecule has 0 saturated carbocycles. The zero-order chi connectivity index (χ0) is 22.9. The summed E-state index contributed by atoms with van der Waals surface area (Å²) in [7, 11) is 0. The number of hydrogen-bond acceptors (Lipinski definition) is 3. The smallest absolute Gasteiger partial charge is 0.411 e. The highest BCUT2D eigenvalue weighted by molar-refractivity contribution is 6.33. The van der Waals surface area contributed by atoms with Crippen LogP contribution >= 0.6 is 11.6 Å². The van der Waals surface area contributed by atoms with Gasteiger partial charge in [-0.15, -0.1) is 0 Å². The number of halogens is 4. The molecule has 0 aromatic heterocycles. The second kappa shape index (κ2) is 8.78. The molecular weight excluding hydrogens is 433 g/mol. The Kier molecular flexibility index (Phi) is 6.50. The average molecular weight is 455 g/mol. The van der Waals surface area contributed by atoms with E-state index in [1.54, 1.807) is 20.8 Å². The molecule has 0 aliphatic carbocycles. The minimum absolute atomic E-state index is 0.00883. The zero-order valence-corrected chi connectivity index (χ0v) is 18.0. The Hall–Kier alpha value is -2.74. The molecular formula is C22H22ClF3N2O3. The maximum atomic E-state index is 15.1. The molecule has 1 aliphatic heterocycles. The van der Waals surface area contributed by atoms with Gasteiger partial charge in [0.1, 0.15) is 23.6 Å². The summed E-state index contributed by atoms with van der Waals surface area (Å²) in [4.78, 5) is 26.2. The molecule has 9 heteroatoms. The van der Waals surface area contributed by atoms with E-state index in [1.165, 1.54) is 24.3 Å². The third kappa shape index (κ3) is 5.31. The standard InChI is InChI=1S/C22H22ClF3N2O3/c1-22(2,3)31-21(30)28-11-13(25)10-18(28)20(29)27-17-6-4-5-15(19(17)26)14-8-7-12(24)9-16(14)23/h4-9,13,18H,10-11H2,1-3H3,(H,27,29)/t13-,18+/m1/s1. The number of alkyl halides is 1. The summed E-state index contributed by atoms with van der Waals surface area (Å²) < 4.78 is 47.7. The van der Waals surface area contributed by atoms with Crippen molar-refractivity contribution in [2.75, 3.05) is 11.9 Å². The number of anilines is 1. The van der Waals surface area contributed by atoms with Gasteiger partial charge >= 0.3 is 6.09 Å². The van der Waals surface area contributed by atoms with Crippen LogP contribution in [0.1, 0.15) is 27.2 Å². The van der Waals surface area contributed by atoms with Crippen LogP contribution in [0.2, 0.25) is 5.02 Å². The van der Waals surface area contributed by atoms with E-state index < -0.39 is 41.4 Å². The van der Waals surface area contributed by atoms with Crippen LogP contribution in [0, 0.1) is 11.6 Å². The molecule has 2 atom stereocenters. The topological polar surface area (TPSA) is 58.6 Å². The maximum Gasteiger partial charge on any atom is 0.411 e. The summed E-state index contributed by atoms with van der Waals surface area (Å²) in [5.74, 6) is -2.10. The Labute approximate surface area is 183 Å². The molecule has 1 heterocycles. The van der Waals surface area contributed by atoms with Crippen LogP contribution in [0.15, 0.2) is 36.4 Å². The number of nitrogens with one attached hydrogen (secondary N) is 1. The molecule has 31 heavy (non-hydrogen) atoms. The summed E-state index contributed by atoms with van der Waals surface area (Å²) in [6.07, 6.45) is -2.45. The lowest BCUT2D eigenvalue weighted by Crippen LogP contribution is -2.45. The van der Waals surface area contributed by atoms with Crippen molar-refractivity contribution >= 4 is 29.3 Å². The maximum absolute atomic E-state index is 15.1. The predicted octanol–water partition coefficient (Wildman–Crippen LogP) is 5.57. The zero-order valence-electron chi connectivity index (χ0n) is 17.2. The number of hydrogen-bond donors (Lipinski definition) is 1. The lowest BCUT2D eigenvalue weighted by atomic mass is 10.0. The van der Waals surface area contributed by atoms with E-state index in [0.717, 1.165) is 17.0 Å². The molecule has 5 nitrogen and oxygen atoms in total. The van der Waals surface area contributed by atoms with Gasteiger partial charge in [0.15, 0.2) is 5.82 Å². The van der Waals surface area contributed by atoms with Gasteiger partial charge in [0.25, 0.3) is 0 Å².